The number of H-pyrrole nitrogens is 1. The van der Waals surface area contributed by atoms with E-state index in [9.17, 15) is 14.7 Å². The minimum absolute atomic E-state index is 0. The molecule has 0 saturated heterocycles. The van der Waals surface area contributed by atoms with E-state index in [1.165, 1.54) is 0 Å². The molecule has 12 heavy (non-hydrogen) atoms. The average molecular weight is 195 g/mol. The molecule has 0 radical (unpaired) electrons. The summed E-state index contributed by atoms with van der Waals surface area (Å²) in [5, 5.41) is 26.4. The second-order valence-corrected chi connectivity index (χ2v) is 1.61. The first-order valence-corrected chi connectivity index (χ1v) is 2.48. The van der Waals surface area contributed by atoms with E-state index < -0.39 is 23.3 Å². The van der Waals surface area contributed by atoms with Crippen molar-refractivity contribution in [3.8, 4) is 0 Å². The molecule has 2 N–H and O–H groups in total. The van der Waals surface area contributed by atoms with E-state index in [-0.39, 0.29) is 51.4 Å². The molecule has 1 rings (SSSR count). The van der Waals surface area contributed by atoms with Crippen LogP contribution in [0.4, 0.5) is 0 Å². The molecule has 0 aliphatic heterocycles. The molecule has 1 aromatic heterocycles. The molecule has 1 heterocycles. The molecule has 0 unspecified atom stereocenters. The number of hydrogen-bond acceptors (Lipinski definition) is 5. The summed E-state index contributed by atoms with van der Waals surface area (Å²) in [6.07, 6.45) is 0. The number of carboxylic acids is 2. The van der Waals surface area contributed by atoms with Crippen molar-refractivity contribution in [2.75, 3.05) is 0 Å². The maximum atomic E-state index is 10.2. The third-order valence-corrected chi connectivity index (χ3v) is 0.944. The number of carbonyl (C=O) groups excluding carboxylic acids is 1. The molecule has 0 fully saturated rings. The van der Waals surface area contributed by atoms with Gasteiger partial charge >= 0.3 is 57.4 Å². The summed E-state index contributed by atoms with van der Waals surface area (Å²) in [4.78, 5) is 20.3. The van der Waals surface area contributed by atoms with E-state index in [2.05, 4.69) is 10.2 Å². The van der Waals surface area contributed by atoms with Gasteiger partial charge in [0, 0.05) is 0 Å². The van der Waals surface area contributed by atoms with Gasteiger partial charge in [0.25, 0.3) is 0 Å². The summed E-state index contributed by atoms with van der Waals surface area (Å²) in [6, 6.07) is 0. The Morgan fingerprint density at radius 3 is 2.17 bits per heavy atom. The summed E-state index contributed by atoms with van der Waals surface area (Å²) in [6.45, 7) is 0. The van der Waals surface area contributed by atoms with Crippen LogP contribution in [0, 0.1) is 0 Å². The number of aromatic amines is 1. The van der Waals surface area contributed by atoms with Crippen molar-refractivity contribution in [2.24, 2.45) is 0 Å². The fourth-order valence-corrected chi connectivity index (χ4v) is 0.522. The number of carboxylic acid groups (broad SMARTS) is 2. The van der Waals surface area contributed by atoms with Gasteiger partial charge in [-0.3, -0.25) is 0 Å². The van der Waals surface area contributed by atoms with Gasteiger partial charge in [-0.1, -0.05) is 0 Å². The van der Waals surface area contributed by atoms with Crippen molar-refractivity contribution in [1.29, 1.82) is 0 Å². The van der Waals surface area contributed by atoms with E-state index in [1.54, 1.807) is 0 Å². The fraction of sp³-hybridized carbons (Fsp3) is 0. The molecule has 0 aliphatic rings. The second-order valence-electron chi connectivity index (χ2n) is 1.61. The van der Waals surface area contributed by atoms with Crippen LogP contribution < -0.4 is 56.5 Å². The molecule has 0 saturated carbocycles. The van der Waals surface area contributed by atoms with Gasteiger partial charge in [-0.2, -0.15) is 10.3 Å². The second kappa shape index (κ2) is 4.67. The summed E-state index contributed by atoms with van der Waals surface area (Å²) in [7, 11) is 0. The zero-order valence-corrected chi connectivity index (χ0v) is 9.19. The van der Waals surface area contributed by atoms with Crippen LogP contribution in [-0.2, 0) is 0 Å². The van der Waals surface area contributed by atoms with Gasteiger partial charge in [0.2, 0.25) is 0 Å². The first-order chi connectivity index (χ1) is 5.13. The van der Waals surface area contributed by atoms with Gasteiger partial charge in [0.05, 0.1) is 5.97 Å². The minimum Gasteiger partial charge on any atom is -0.543 e. The third-order valence-electron chi connectivity index (χ3n) is 0.944. The van der Waals surface area contributed by atoms with Crippen LogP contribution in [-0.4, -0.2) is 32.5 Å². The van der Waals surface area contributed by atoms with E-state index >= 15 is 0 Å². The van der Waals surface area contributed by atoms with E-state index in [0.29, 0.717) is 0 Å². The predicted molar refractivity (Wildman–Crippen MR) is 27.7 cm³/mol. The van der Waals surface area contributed by atoms with Gasteiger partial charge in [-0.05, 0) is 0 Å². The Bertz CT molecular complexity index is 281. The molecule has 0 atom stereocenters. The van der Waals surface area contributed by atoms with E-state index in [0.717, 1.165) is 0 Å². The Kier molecular flexibility index (Phi) is 4.56. The Labute approximate surface area is 109 Å². The number of rotatable bonds is 2. The zero-order chi connectivity index (χ0) is 8.43. The smallest absolute Gasteiger partial charge is 0.543 e. The molecule has 58 valence electrons. The Morgan fingerprint density at radius 2 is 1.83 bits per heavy atom. The van der Waals surface area contributed by atoms with Gasteiger partial charge in [0.15, 0.2) is 5.69 Å². The maximum absolute atomic E-state index is 10.2. The van der Waals surface area contributed by atoms with Gasteiger partial charge in [0.1, 0.15) is 5.69 Å². The van der Waals surface area contributed by atoms with Crippen LogP contribution in [0.2, 0.25) is 0 Å². The monoisotopic (exact) mass is 195 g/mol. The van der Waals surface area contributed by atoms with E-state index in [4.69, 9.17) is 5.11 Å². The Balaban J connectivity index is 0.00000121. The molecular weight excluding hydrogens is 193 g/mol. The first-order valence-electron chi connectivity index (χ1n) is 2.48. The predicted octanol–water partition coefficient (Wildman–Crippen LogP) is -5.13. The molecule has 1 aromatic rings. The van der Waals surface area contributed by atoms with Crippen molar-refractivity contribution in [3.05, 3.63) is 11.4 Å². The molecule has 0 bridgehead atoms. The average Bonchev–Trinajstić information content (AvgIpc) is 2.32. The van der Waals surface area contributed by atoms with Gasteiger partial charge in [-0.15, -0.1) is 5.10 Å². The van der Waals surface area contributed by atoms with Crippen LogP contribution >= 0.6 is 0 Å². The number of nitrogens with one attached hydrogen (secondary N) is 1. The molecule has 0 aromatic carbocycles. The quantitative estimate of drug-likeness (QED) is 0.455. The number of aromatic nitrogens is 3. The molecular formula is C4H2KN3O4. The SMILES string of the molecule is O=C([O-])c1n[nH]nc1C(=O)O.[K+]. The number of carbonyl (C=O) groups is 2. The molecule has 0 spiro atoms. The standard InChI is InChI=1S/C4H3N3O4.K/c8-3(9)1-2(4(10)11)6-7-5-1;/h(H,8,9)(H,10,11)(H,5,6,7);/q;+1/p-1. The fourth-order valence-electron chi connectivity index (χ4n) is 0.522. The first kappa shape index (κ1) is 11.7. The Morgan fingerprint density at radius 1 is 1.33 bits per heavy atom. The zero-order valence-electron chi connectivity index (χ0n) is 6.07. The largest absolute Gasteiger partial charge is 1.00 e. The summed E-state index contributed by atoms with van der Waals surface area (Å²) in [5.74, 6) is -3.13. The van der Waals surface area contributed by atoms with Crippen molar-refractivity contribution in [3.63, 3.8) is 0 Å². The number of nitrogens with zero attached hydrogens (tertiary/aromatic N) is 2. The number of hydrogen-bond donors (Lipinski definition) is 2. The molecule has 7 nitrogen and oxygen atoms in total. The Hall–Kier alpha value is -0.284. The molecule has 8 heteroatoms. The number of aromatic carboxylic acids is 2. The normalized spacial score (nSPS) is 8.67. The molecule has 0 amide bonds. The summed E-state index contributed by atoms with van der Waals surface area (Å²) < 4.78 is 0. The van der Waals surface area contributed by atoms with Crippen LogP contribution in [0.1, 0.15) is 21.0 Å². The van der Waals surface area contributed by atoms with E-state index in [1.807, 2.05) is 5.21 Å². The van der Waals surface area contributed by atoms with Crippen LogP contribution in [0.25, 0.3) is 0 Å². The summed E-state index contributed by atoms with van der Waals surface area (Å²) in [5.41, 5.74) is -1.34. The van der Waals surface area contributed by atoms with Crippen molar-refractivity contribution in [1.82, 2.24) is 15.4 Å². The summed E-state index contributed by atoms with van der Waals surface area (Å²) >= 11 is 0. The minimum atomic E-state index is -1.67. The third kappa shape index (κ3) is 2.35. The van der Waals surface area contributed by atoms with Gasteiger partial charge in [-0.25, -0.2) is 4.79 Å². The van der Waals surface area contributed by atoms with Crippen molar-refractivity contribution >= 4 is 11.9 Å². The topological polar surface area (TPSA) is 119 Å². The van der Waals surface area contributed by atoms with Gasteiger partial charge < -0.3 is 15.0 Å². The van der Waals surface area contributed by atoms with Crippen LogP contribution in [0.15, 0.2) is 0 Å². The van der Waals surface area contributed by atoms with Crippen molar-refractivity contribution in [2.45, 2.75) is 0 Å². The molecule has 0 aliphatic carbocycles. The maximum Gasteiger partial charge on any atom is 1.00 e. The van der Waals surface area contributed by atoms with Crippen LogP contribution in [0.5, 0.6) is 0 Å². The van der Waals surface area contributed by atoms with Crippen molar-refractivity contribution < 1.29 is 71.2 Å². The van der Waals surface area contributed by atoms with Crippen LogP contribution in [0.3, 0.4) is 0 Å².